The molecule has 0 bridgehead atoms. The van der Waals surface area contributed by atoms with Gasteiger partial charge in [0, 0.05) is 25.9 Å². The Morgan fingerprint density at radius 1 is 1.14 bits per heavy atom. The van der Waals surface area contributed by atoms with Crippen molar-refractivity contribution in [1.29, 1.82) is 0 Å². The molecule has 1 aromatic carbocycles. The minimum absolute atomic E-state index is 0. The van der Waals surface area contributed by atoms with Gasteiger partial charge in [-0.15, -0.1) is 24.0 Å². The van der Waals surface area contributed by atoms with Gasteiger partial charge in [0.05, 0.1) is 25.5 Å². The lowest BCUT2D eigenvalue weighted by Gasteiger charge is -2.22. The van der Waals surface area contributed by atoms with Crippen LogP contribution in [0.5, 0.6) is 0 Å². The molecule has 1 unspecified atom stereocenters. The van der Waals surface area contributed by atoms with E-state index in [1.54, 1.807) is 6.26 Å². The summed E-state index contributed by atoms with van der Waals surface area (Å²) in [5, 5.41) is 6.87. The molecular weight excluding hydrogens is 469 g/mol. The van der Waals surface area contributed by atoms with Gasteiger partial charge in [0.15, 0.2) is 11.7 Å². The second kappa shape index (κ2) is 11.4. The summed E-state index contributed by atoms with van der Waals surface area (Å²) in [6.07, 6.45) is 3.22. The van der Waals surface area contributed by atoms with Crippen molar-refractivity contribution in [2.75, 3.05) is 26.3 Å². The van der Waals surface area contributed by atoms with Gasteiger partial charge in [0.25, 0.3) is 0 Å². The molecule has 154 valence electrons. The van der Waals surface area contributed by atoms with Crippen LogP contribution in [0.4, 0.5) is 0 Å². The fourth-order valence-corrected chi connectivity index (χ4v) is 3.01. The van der Waals surface area contributed by atoms with Crippen molar-refractivity contribution in [3.05, 3.63) is 60.1 Å². The second-order valence-corrected chi connectivity index (χ2v) is 6.84. The first-order valence-electron chi connectivity index (χ1n) is 9.55. The third kappa shape index (κ3) is 7.10. The van der Waals surface area contributed by atoms with Crippen LogP contribution in [0.25, 0.3) is 0 Å². The lowest BCUT2D eigenvalue weighted by Crippen LogP contribution is -2.40. The van der Waals surface area contributed by atoms with E-state index >= 15 is 0 Å². The third-order valence-corrected chi connectivity index (χ3v) is 4.63. The van der Waals surface area contributed by atoms with Crippen LogP contribution in [-0.2, 0) is 15.9 Å². The zero-order valence-electron chi connectivity index (χ0n) is 16.5. The van der Waals surface area contributed by atoms with Gasteiger partial charge >= 0.3 is 0 Å². The Kier molecular flexibility index (Phi) is 9.27. The molecule has 3 rings (SSSR count). The van der Waals surface area contributed by atoms with Gasteiger partial charge in [0.1, 0.15) is 5.76 Å². The van der Waals surface area contributed by atoms with Crippen molar-refractivity contribution in [3.8, 4) is 0 Å². The second-order valence-electron chi connectivity index (χ2n) is 6.84. The number of aliphatic imine (C=N–C) groups is 1. The number of benzene rings is 1. The fraction of sp³-hybridized carbons (Fsp3) is 0.476. The van der Waals surface area contributed by atoms with Gasteiger partial charge < -0.3 is 24.5 Å². The number of nitrogens with one attached hydrogen (secondary N) is 2. The monoisotopic (exact) mass is 499 g/mol. The summed E-state index contributed by atoms with van der Waals surface area (Å²) in [4.78, 5) is 4.72. The summed E-state index contributed by atoms with van der Waals surface area (Å²) in [6.45, 7) is 6.76. The number of guanidine groups is 1. The summed E-state index contributed by atoms with van der Waals surface area (Å²) >= 11 is 0. The van der Waals surface area contributed by atoms with E-state index < -0.39 is 5.79 Å². The van der Waals surface area contributed by atoms with Gasteiger partial charge in [-0.3, -0.25) is 4.99 Å². The Morgan fingerprint density at radius 2 is 1.89 bits per heavy atom. The zero-order valence-corrected chi connectivity index (χ0v) is 18.8. The van der Waals surface area contributed by atoms with Crippen LogP contribution in [0.2, 0.25) is 0 Å². The third-order valence-electron chi connectivity index (χ3n) is 4.63. The van der Waals surface area contributed by atoms with E-state index in [4.69, 9.17) is 18.9 Å². The lowest BCUT2D eigenvalue weighted by atomic mass is 10.1. The maximum Gasteiger partial charge on any atom is 0.191 e. The normalized spacial score (nSPS) is 17.0. The molecule has 2 aromatic rings. The van der Waals surface area contributed by atoms with Crippen molar-refractivity contribution < 1.29 is 13.9 Å². The van der Waals surface area contributed by atoms with Gasteiger partial charge in [-0.1, -0.05) is 30.3 Å². The predicted molar refractivity (Wildman–Crippen MR) is 121 cm³/mol. The van der Waals surface area contributed by atoms with Crippen LogP contribution >= 0.6 is 24.0 Å². The molecule has 1 saturated heterocycles. The highest BCUT2D eigenvalue weighted by atomic mass is 127. The summed E-state index contributed by atoms with van der Waals surface area (Å²) in [6, 6.07) is 14.4. The molecule has 0 radical (unpaired) electrons. The highest BCUT2D eigenvalue weighted by Gasteiger charge is 2.30. The minimum Gasteiger partial charge on any atom is -0.469 e. The molecule has 0 aliphatic carbocycles. The summed E-state index contributed by atoms with van der Waals surface area (Å²) in [5.41, 5.74) is 1.22. The van der Waals surface area contributed by atoms with Gasteiger partial charge in [-0.2, -0.15) is 0 Å². The highest BCUT2D eigenvalue weighted by molar-refractivity contribution is 14.0. The molecule has 7 heteroatoms. The quantitative estimate of drug-likeness (QED) is 0.328. The van der Waals surface area contributed by atoms with E-state index in [0.29, 0.717) is 19.8 Å². The molecule has 2 heterocycles. The van der Waals surface area contributed by atoms with Crippen LogP contribution in [0, 0.1) is 0 Å². The maximum atomic E-state index is 5.66. The van der Waals surface area contributed by atoms with Crippen LogP contribution in [0.3, 0.4) is 0 Å². The van der Waals surface area contributed by atoms with E-state index in [9.17, 15) is 0 Å². The average Bonchev–Trinajstić information content (AvgIpc) is 3.34. The highest BCUT2D eigenvalue weighted by Crippen LogP contribution is 2.22. The number of nitrogens with zero attached hydrogens (tertiary/aromatic N) is 1. The van der Waals surface area contributed by atoms with Gasteiger partial charge in [-0.05, 0) is 31.5 Å². The van der Waals surface area contributed by atoms with Crippen molar-refractivity contribution in [2.45, 2.75) is 38.5 Å². The first-order chi connectivity index (χ1) is 13.1. The Morgan fingerprint density at radius 3 is 2.57 bits per heavy atom. The van der Waals surface area contributed by atoms with Crippen molar-refractivity contribution in [3.63, 3.8) is 0 Å². The number of hydrogen-bond acceptors (Lipinski definition) is 4. The largest absolute Gasteiger partial charge is 0.469 e. The Labute approximate surface area is 184 Å². The molecule has 28 heavy (non-hydrogen) atoms. The number of ether oxygens (including phenoxy) is 2. The standard InChI is InChI=1S/C21H29N3O3.HI/c1-17(18-7-4-3-5-8-18)24-20(22-12-10-19-9-6-14-25-19)23-13-11-21(2)26-15-16-27-21;/h3-9,14,17H,10-13,15-16H2,1-2H3,(H2,22,23,24);1H. The minimum atomic E-state index is -0.520. The van der Waals surface area contributed by atoms with E-state index in [1.807, 2.05) is 37.3 Å². The number of rotatable bonds is 8. The van der Waals surface area contributed by atoms with E-state index in [1.165, 1.54) is 5.56 Å². The first kappa shape index (κ1) is 22.7. The predicted octanol–water partition coefficient (Wildman–Crippen LogP) is 3.89. The molecular formula is C21H30IN3O3. The van der Waals surface area contributed by atoms with E-state index in [-0.39, 0.29) is 30.0 Å². The molecule has 2 N–H and O–H groups in total. The molecule has 1 aliphatic heterocycles. The van der Waals surface area contributed by atoms with Crippen molar-refractivity contribution in [1.82, 2.24) is 10.6 Å². The number of hydrogen-bond donors (Lipinski definition) is 2. The smallest absolute Gasteiger partial charge is 0.191 e. The summed E-state index contributed by atoms with van der Waals surface area (Å²) < 4.78 is 16.7. The number of furan rings is 1. The molecule has 1 aliphatic rings. The van der Waals surface area contributed by atoms with Crippen molar-refractivity contribution in [2.24, 2.45) is 4.99 Å². The van der Waals surface area contributed by atoms with Gasteiger partial charge in [-0.25, -0.2) is 0 Å². The van der Waals surface area contributed by atoms with Crippen molar-refractivity contribution >= 4 is 29.9 Å². The lowest BCUT2D eigenvalue weighted by molar-refractivity contribution is -0.144. The SMILES string of the molecule is CC(NC(=NCCC1(C)OCCO1)NCCc1ccco1)c1ccccc1.I. The molecule has 0 amide bonds. The average molecular weight is 499 g/mol. The Balaban J connectivity index is 0.00000280. The van der Waals surface area contributed by atoms with Gasteiger partial charge in [0.2, 0.25) is 0 Å². The topological polar surface area (TPSA) is 68.0 Å². The molecule has 0 spiro atoms. The molecule has 0 saturated carbocycles. The zero-order chi connectivity index (χ0) is 19.0. The van der Waals surface area contributed by atoms with Crippen LogP contribution in [0.1, 0.15) is 37.6 Å². The Hall–Kier alpha value is -1.58. The van der Waals surface area contributed by atoms with E-state index in [0.717, 1.165) is 31.1 Å². The molecule has 1 fully saturated rings. The summed E-state index contributed by atoms with van der Waals surface area (Å²) in [7, 11) is 0. The Bertz CT molecular complexity index is 701. The van der Waals surface area contributed by atoms with E-state index in [2.05, 4.69) is 29.7 Å². The summed E-state index contributed by atoms with van der Waals surface area (Å²) in [5.74, 6) is 1.21. The van der Waals surface area contributed by atoms with Crippen LogP contribution in [0.15, 0.2) is 58.1 Å². The molecule has 1 aromatic heterocycles. The molecule has 6 nitrogen and oxygen atoms in total. The first-order valence-corrected chi connectivity index (χ1v) is 9.55. The fourth-order valence-electron chi connectivity index (χ4n) is 3.01. The maximum absolute atomic E-state index is 5.66. The molecule has 1 atom stereocenters. The van der Waals surface area contributed by atoms with Crippen LogP contribution < -0.4 is 10.6 Å². The van der Waals surface area contributed by atoms with Crippen LogP contribution in [-0.4, -0.2) is 38.0 Å². The number of halogens is 1.